The first-order chi connectivity index (χ1) is 16.6. The molecule has 0 bridgehead atoms. The summed E-state index contributed by atoms with van der Waals surface area (Å²) in [7, 11) is 3.38. The summed E-state index contributed by atoms with van der Waals surface area (Å²) < 4.78 is 11.2. The lowest BCUT2D eigenvalue weighted by atomic mass is 9.75. The van der Waals surface area contributed by atoms with Gasteiger partial charge in [0, 0.05) is 23.9 Å². The molecule has 1 amide bonds. The lowest BCUT2D eigenvalue weighted by Gasteiger charge is -2.31. The minimum Gasteiger partial charge on any atom is -0.497 e. The largest absolute Gasteiger partial charge is 0.497 e. The van der Waals surface area contributed by atoms with Gasteiger partial charge >= 0.3 is 0 Å². The van der Waals surface area contributed by atoms with E-state index in [0.29, 0.717) is 12.5 Å². The maximum atomic E-state index is 13.8. The monoisotopic (exact) mass is 453 g/mol. The Balaban J connectivity index is 1.61. The Morgan fingerprint density at radius 2 is 1.65 bits per heavy atom. The zero-order valence-electron chi connectivity index (χ0n) is 20.0. The Morgan fingerprint density at radius 1 is 0.912 bits per heavy atom. The van der Waals surface area contributed by atoms with E-state index in [1.165, 1.54) is 0 Å². The minimum absolute atomic E-state index is 0.00643. The summed E-state index contributed by atoms with van der Waals surface area (Å²) >= 11 is 0. The van der Waals surface area contributed by atoms with Crippen LogP contribution < -0.4 is 9.47 Å². The average molecular weight is 454 g/mol. The predicted molar refractivity (Wildman–Crippen MR) is 135 cm³/mol. The van der Waals surface area contributed by atoms with E-state index in [4.69, 9.17) is 9.47 Å². The standard InChI is InChI=1S/C30H31NO3/c1-20-8-7-11-25-28(20)30(32)31(19-21-9-5-4-6-10-21)29(25)26-18-23(14-17-27(26)34-3)22-12-15-24(33-2)16-13-22/h4-7,9-18,20,25,28-29H,8,19H2,1-3H3/t20-,25+,28+,29-/m1/s1. The number of fused-ring (bicyclic) bond motifs is 1. The molecular formula is C30H31NO3. The molecule has 4 heteroatoms. The molecule has 3 aromatic rings. The molecule has 1 fully saturated rings. The van der Waals surface area contributed by atoms with Crippen LogP contribution in [0.2, 0.25) is 0 Å². The summed E-state index contributed by atoms with van der Waals surface area (Å²) in [6, 6.07) is 24.6. The van der Waals surface area contributed by atoms with Crippen molar-refractivity contribution in [2.45, 2.75) is 25.9 Å². The third-order valence-electron chi connectivity index (χ3n) is 7.33. The molecule has 0 aromatic heterocycles. The highest BCUT2D eigenvalue weighted by molar-refractivity contribution is 5.84. The second-order valence-electron chi connectivity index (χ2n) is 9.33. The zero-order chi connectivity index (χ0) is 23.7. The minimum atomic E-state index is -0.0788. The van der Waals surface area contributed by atoms with Crippen molar-refractivity contribution in [2.24, 2.45) is 17.8 Å². The molecule has 4 atom stereocenters. The van der Waals surface area contributed by atoms with Crippen LogP contribution in [0.3, 0.4) is 0 Å². The Labute approximate surface area is 201 Å². The first-order valence-electron chi connectivity index (χ1n) is 11.9. The molecule has 5 rings (SSSR count). The van der Waals surface area contributed by atoms with E-state index in [0.717, 1.165) is 40.2 Å². The van der Waals surface area contributed by atoms with Crippen LogP contribution in [0.1, 0.15) is 30.5 Å². The number of rotatable bonds is 6. The van der Waals surface area contributed by atoms with E-state index in [-0.39, 0.29) is 23.8 Å². The highest BCUT2D eigenvalue weighted by Crippen LogP contribution is 2.51. The number of hydrogen-bond acceptors (Lipinski definition) is 3. The smallest absolute Gasteiger partial charge is 0.227 e. The number of ether oxygens (including phenoxy) is 2. The number of hydrogen-bond donors (Lipinski definition) is 0. The fraction of sp³-hybridized carbons (Fsp3) is 0.300. The molecule has 1 saturated heterocycles. The molecule has 174 valence electrons. The van der Waals surface area contributed by atoms with Crippen molar-refractivity contribution >= 4 is 5.91 Å². The number of carbonyl (C=O) groups excluding carboxylic acids is 1. The van der Waals surface area contributed by atoms with Crippen molar-refractivity contribution in [1.82, 2.24) is 4.90 Å². The number of nitrogens with zero attached hydrogens (tertiary/aromatic N) is 1. The van der Waals surface area contributed by atoms with Crippen LogP contribution in [0.4, 0.5) is 0 Å². The first-order valence-corrected chi connectivity index (χ1v) is 11.9. The molecule has 1 aliphatic heterocycles. The Morgan fingerprint density at radius 3 is 2.35 bits per heavy atom. The predicted octanol–water partition coefficient (Wildman–Crippen LogP) is 6.28. The van der Waals surface area contributed by atoms with Crippen LogP contribution >= 0.6 is 0 Å². The SMILES string of the molecule is COc1ccc(-c2ccc(OC)c([C@H]3[C@H]4C=CC[C@@H](C)[C@@H]4C(=O)N3Cc3ccccc3)c2)cc1. The molecule has 1 heterocycles. The van der Waals surface area contributed by atoms with Gasteiger partial charge in [-0.05, 0) is 53.3 Å². The van der Waals surface area contributed by atoms with Crippen LogP contribution in [0, 0.1) is 17.8 Å². The van der Waals surface area contributed by atoms with Gasteiger partial charge in [-0.25, -0.2) is 0 Å². The van der Waals surface area contributed by atoms with Crippen molar-refractivity contribution in [3.05, 3.63) is 96.1 Å². The lowest BCUT2D eigenvalue weighted by molar-refractivity contribution is -0.134. The first kappa shape index (κ1) is 22.3. The summed E-state index contributed by atoms with van der Waals surface area (Å²) in [5, 5.41) is 0. The summed E-state index contributed by atoms with van der Waals surface area (Å²) in [6.45, 7) is 2.79. The molecule has 0 saturated carbocycles. The highest BCUT2D eigenvalue weighted by atomic mass is 16.5. The van der Waals surface area contributed by atoms with Gasteiger partial charge in [0.15, 0.2) is 0 Å². The Hall–Kier alpha value is -3.53. The van der Waals surface area contributed by atoms with Crippen molar-refractivity contribution in [2.75, 3.05) is 14.2 Å². The van der Waals surface area contributed by atoms with E-state index in [9.17, 15) is 4.79 Å². The molecule has 34 heavy (non-hydrogen) atoms. The summed E-state index contributed by atoms with van der Waals surface area (Å²) in [5.41, 5.74) is 4.40. The highest BCUT2D eigenvalue weighted by Gasteiger charge is 2.51. The van der Waals surface area contributed by atoms with Gasteiger partial charge < -0.3 is 14.4 Å². The Bertz CT molecular complexity index is 1190. The maximum Gasteiger partial charge on any atom is 0.227 e. The molecule has 0 unspecified atom stereocenters. The van der Waals surface area contributed by atoms with Gasteiger partial charge in [-0.1, -0.05) is 67.6 Å². The number of allylic oxidation sites excluding steroid dienone is 1. The van der Waals surface area contributed by atoms with Crippen molar-refractivity contribution in [1.29, 1.82) is 0 Å². The quantitative estimate of drug-likeness (QED) is 0.412. The number of methoxy groups -OCH3 is 2. The van der Waals surface area contributed by atoms with Gasteiger partial charge in [-0.15, -0.1) is 0 Å². The van der Waals surface area contributed by atoms with E-state index >= 15 is 0 Å². The van der Waals surface area contributed by atoms with Gasteiger partial charge in [0.2, 0.25) is 5.91 Å². The van der Waals surface area contributed by atoms with E-state index in [1.807, 2.05) is 36.4 Å². The summed E-state index contributed by atoms with van der Waals surface area (Å²) in [6.07, 6.45) is 5.46. The molecule has 2 aliphatic rings. The number of likely N-dealkylation sites (tertiary alicyclic amines) is 1. The third-order valence-corrected chi connectivity index (χ3v) is 7.33. The van der Waals surface area contributed by atoms with Crippen LogP contribution in [0.25, 0.3) is 11.1 Å². The van der Waals surface area contributed by atoms with Gasteiger partial charge in [-0.2, -0.15) is 0 Å². The van der Waals surface area contributed by atoms with E-state index in [1.54, 1.807) is 14.2 Å². The summed E-state index contributed by atoms with van der Waals surface area (Å²) in [5.74, 6) is 2.33. The van der Waals surface area contributed by atoms with Crippen molar-refractivity contribution < 1.29 is 14.3 Å². The molecule has 0 radical (unpaired) electrons. The molecule has 0 spiro atoms. The summed E-state index contributed by atoms with van der Waals surface area (Å²) in [4.78, 5) is 15.9. The second-order valence-corrected chi connectivity index (χ2v) is 9.33. The van der Waals surface area contributed by atoms with Gasteiger partial charge in [0.1, 0.15) is 11.5 Å². The van der Waals surface area contributed by atoms with Crippen molar-refractivity contribution in [3.63, 3.8) is 0 Å². The van der Waals surface area contributed by atoms with E-state index < -0.39 is 0 Å². The normalized spacial score (nSPS) is 23.6. The van der Waals surface area contributed by atoms with Crippen LogP contribution in [0.15, 0.2) is 84.9 Å². The van der Waals surface area contributed by atoms with Gasteiger partial charge in [-0.3, -0.25) is 4.79 Å². The third kappa shape index (κ3) is 3.98. The average Bonchev–Trinajstić information content (AvgIpc) is 3.16. The Kier molecular flexibility index (Phi) is 6.14. The van der Waals surface area contributed by atoms with Gasteiger partial charge in [0.05, 0.1) is 20.3 Å². The van der Waals surface area contributed by atoms with Crippen LogP contribution in [-0.4, -0.2) is 25.0 Å². The topological polar surface area (TPSA) is 38.8 Å². The fourth-order valence-electron chi connectivity index (χ4n) is 5.60. The number of benzene rings is 3. The van der Waals surface area contributed by atoms with Crippen molar-refractivity contribution in [3.8, 4) is 22.6 Å². The van der Waals surface area contributed by atoms with E-state index in [2.05, 4.69) is 60.4 Å². The lowest BCUT2D eigenvalue weighted by Crippen LogP contribution is -2.30. The molecule has 0 N–H and O–H groups in total. The maximum absolute atomic E-state index is 13.8. The molecule has 4 nitrogen and oxygen atoms in total. The van der Waals surface area contributed by atoms with Gasteiger partial charge in [0.25, 0.3) is 0 Å². The molecule has 3 aromatic carbocycles. The number of amides is 1. The molecule has 1 aliphatic carbocycles. The van der Waals surface area contributed by atoms with Crippen LogP contribution in [0.5, 0.6) is 11.5 Å². The second kappa shape index (κ2) is 9.38. The number of carbonyl (C=O) groups is 1. The zero-order valence-corrected chi connectivity index (χ0v) is 20.0. The molecular weight excluding hydrogens is 422 g/mol. The van der Waals surface area contributed by atoms with Crippen LogP contribution in [-0.2, 0) is 11.3 Å². The fourth-order valence-corrected chi connectivity index (χ4v) is 5.60.